The summed E-state index contributed by atoms with van der Waals surface area (Å²) in [6.45, 7) is 0. The van der Waals surface area contributed by atoms with Crippen LogP contribution in [0.2, 0.25) is 0 Å². The molecule has 0 aliphatic carbocycles. The lowest BCUT2D eigenvalue weighted by atomic mass is 10.3. The summed E-state index contributed by atoms with van der Waals surface area (Å²) in [6.07, 6.45) is 0. The Balaban J connectivity index is 3.90. The van der Waals surface area contributed by atoms with Gasteiger partial charge >= 0.3 is 15.0 Å². The molecule has 0 spiro atoms. The Morgan fingerprint density at radius 2 is 1.67 bits per heavy atom. The molecule has 0 aromatic rings. The van der Waals surface area contributed by atoms with Crippen molar-refractivity contribution in [3.05, 3.63) is 0 Å². The van der Waals surface area contributed by atoms with Gasteiger partial charge in [0.1, 0.15) is 0 Å². The van der Waals surface area contributed by atoms with Crippen LogP contribution in [0.4, 0.5) is 12.9 Å². The van der Waals surface area contributed by atoms with Gasteiger partial charge in [0.05, 0.1) is 0 Å². The highest BCUT2D eigenvalue weighted by Crippen LogP contribution is 2.40. The highest BCUT2D eigenvalue weighted by molar-refractivity contribution is 7.47. The van der Waals surface area contributed by atoms with Crippen LogP contribution in [-0.2, 0) is 9.01 Å². The highest BCUT2D eigenvalue weighted by Gasteiger charge is 2.33. The molecular weight excluding hydrogens is 163 g/mol. The van der Waals surface area contributed by atoms with Gasteiger partial charge in [0.2, 0.25) is 0 Å². The summed E-state index contributed by atoms with van der Waals surface area (Å²) in [4.78, 5) is 15.1. The molecule has 0 heterocycles. The average molecular weight is 165 g/mol. The Kier molecular flexibility index (Phi) is 2.29. The first kappa shape index (κ1) is 8.96. The molecule has 0 amide bonds. The van der Waals surface area contributed by atoms with Crippen LogP contribution < -0.4 is 0 Å². The minimum atomic E-state index is -5.85. The van der Waals surface area contributed by atoms with Gasteiger partial charge in [0, 0.05) is 0 Å². The summed E-state index contributed by atoms with van der Waals surface area (Å²) in [7, 11) is -11.2. The predicted octanol–water partition coefficient (Wildman–Crippen LogP) is 0.440. The fourth-order valence-corrected chi connectivity index (χ4v) is 0.467. The molecule has 0 aromatic heterocycles. The largest absolute Gasteiger partial charge is 0.645 e. The standard InChI is InChI=1S/BF3H2O4P/c2-1(3,4)8-9(5,6)7/h(H2,5,6,7)/q-1. The van der Waals surface area contributed by atoms with Crippen molar-refractivity contribution in [2.75, 3.05) is 0 Å². The fraction of sp³-hybridized carbons (Fsp3) is 0. The summed E-state index contributed by atoms with van der Waals surface area (Å²) in [5.74, 6) is 0. The van der Waals surface area contributed by atoms with Crippen LogP contribution in [0.1, 0.15) is 0 Å². The SMILES string of the molecule is O=P(O)(O)O[B-](F)(F)F. The lowest BCUT2D eigenvalue weighted by Crippen LogP contribution is -2.18. The third-order valence-electron chi connectivity index (χ3n) is 0.257. The number of halogens is 3. The molecule has 0 aromatic carbocycles. The topological polar surface area (TPSA) is 66.8 Å². The summed E-state index contributed by atoms with van der Waals surface area (Å²) in [5.41, 5.74) is 0. The Morgan fingerprint density at radius 1 is 1.33 bits per heavy atom. The van der Waals surface area contributed by atoms with E-state index in [-0.39, 0.29) is 0 Å². The molecule has 0 saturated heterocycles. The molecule has 2 N–H and O–H groups in total. The molecule has 0 rings (SSSR count). The molecule has 0 aliphatic rings. The predicted molar refractivity (Wildman–Crippen MR) is 22.2 cm³/mol. The van der Waals surface area contributed by atoms with Gasteiger partial charge in [-0.1, -0.05) is 0 Å². The molecule has 4 nitrogen and oxygen atoms in total. The van der Waals surface area contributed by atoms with Crippen LogP contribution in [0.5, 0.6) is 0 Å². The van der Waals surface area contributed by atoms with Gasteiger partial charge in [-0.15, -0.1) is 0 Å². The minimum absolute atomic E-state index is 2.35. The molecule has 9 heteroatoms. The van der Waals surface area contributed by atoms with Gasteiger partial charge in [-0.25, -0.2) is 4.57 Å². The van der Waals surface area contributed by atoms with Crippen molar-refractivity contribution in [3.8, 4) is 0 Å². The maximum absolute atomic E-state index is 10.9. The second-order valence-electron chi connectivity index (χ2n) is 1.11. The summed E-state index contributed by atoms with van der Waals surface area (Å²) in [5, 5.41) is 0. The van der Waals surface area contributed by atoms with Gasteiger partial charge in [-0.2, -0.15) is 0 Å². The first-order valence-electron chi connectivity index (χ1n) is 1.66. The van der Waals surface area contributed by atoms with Crippen molar-refractivity contribution in [1.29, 1.82) is 0 Å². The van der Waals surface area contributed by atoms with Crippen LogP contribution >= 0.6 is 7.82 Å². The van der Waals surface area contributed by atoms with Gasteiger partial charge in [0.15, 0.2) is 0 Å². The van der Waals surface area contributed by atoms with Crippen LogP contribution in [-0.4, -0.2) is 17.0 Å². The zero-order chi connectivity index (χ0) is 7.71. The normalized spacial score (nSPS) is 13.9. The van der Waals surface area contributed by atoms with Crippen molar-refractivity contribution >= 4 is 15.0 Å². The van der Waals surface area contributed by atoms with E-state index in [0.717, 1.165) is 0 Å². The van der Waals surface area contributed by atoms with Crippen molar-refractivity contribution < 1.29 is 31.7 Å². The fourth-order valence-electron chi connectivity index (χ4n) is 0.156. The molecule has 0 bridgehead atoms. The number of hydrogen-bond acceptors (Lipinski definition) is 2. The van der Waals surface area contributed by atoms with E-state index >= 15 is 0 Å². The van der Waals surface area contributed by atoms with Crippen molar-refractivity contribution in [3.63, 3.8) is 0 Å². The Labute approximate surface area is 48.0 Å². The first-order chi connectivity index (χ1) is 3.71. The van der Waals surface area contributed by atoms with Crippen molar-refractivity contribution in [1.82, 2.24) is 0 Å². The number of hydrogen-bond donors (Lipinski definition) is 2. The molecule has 56 valence electrons. The Hall–Kier alpha value is -0.0351. The van der Waals surface area contributed by atoms with Crippen LogP contribution in [0.25, 0.3) is 0 Å². The van der Waals surface area contributed by atoms with E-state index < -0.39 is 15.0 Å². The molecule has 0 unspecified atom stereocenters. The van der Waals surface area contributed by atoms with Gasteiger partial charge < -0.3 is 27.2 Å². The summed E-state index contributed by atoms with van der Waals surface area (Å²) >= 11 is 0. The van der Waals surface area contributed by atoms with E-state index in [4.69, 9.17) is 9.79 Å². The second-order valence-corrected chi connectivity index (χ2v) is 2.30. The number of phosphoric acid groups is 1. The molecule has 0 fully saturated rings. The third-order valence-corrected chi connectivity index (χ3v) is 0.771. The van der Waals surface area contributed by atoms with E-state index in [9.17, 15) is 17.5 Å². The van der Waals surface area contributed by atoms with Gasteiger partial charge in [-0.3, -0.25) is 0 Å². The van der Waals surface area contributed by atoms with E-state index in [1.165, 1.54) is 0 Å². The van der Waals surface area contributed by atoms with Crippen LogP contribution in [0.15, 0.2) is 0 Å². The average Bonchev–Trinajstić information content (AvgIpc) is 1.14. The minimum Gasteiger partial charge on any atom is -0.422 e. The molecular formula is H2BF3O4P-. The molecule has 0 aliphatic heterocycles. The smallest absolute Gasteiger partial charge is 0.422 e. The summed E-state index contributed by atoms with van der Waals surface area (Å²) < 4.78 is 44.5. The van der Waals surface area contributed by atoms with Crippen LogP contribution in [0, 0.1) is 0 Å². The maximum Gasteiger partial charge on any atom is 0.645 e. The van der Waals surface area contributed by atoms with Crippen molar-refractivity contribution in [2.24, 2.45) is 0 Å². The van der Waals surface area contributed by atoms with Crippen LogP contribution in [0.3, 0.4) is 0 Å². The summed E-state index contributed by atoms with van der Waals surface area (Å²) in [6, 6.07) is 0. The second kappa shape index (κ2) is 2.30. The van der Waals surface area contributed by atoms with E-state index in [2.05, 4.69) is 4.44 Å². The molecule has 0 saturated carbocycles. The van der Waals surface area contributed by atoms with Crippen molar-refractivity contribution in [2.45, 2.75) is 0 Å². The zero-order valence-corrected chi connectivity index (χ0v) is 4.76. The lowest BCUT2D eigenvalue weighted by molar-refractivity contribution is 0.216. The third kappa shape index (κ3) is 7.96. The Bertz CT molecular complexity index is 133. The monoisotopic (exact) mass is 165 g/mol. The van der Waals surface area contributed by atoms with E-state index in [0.29, 0.717) is 0 Å². The quantitative estimate of drug-likeness (QED) is 0.459. The highest BCUT2D eigenvalue weighted by atomic mass is 31.2. The Morgan fingerprint density at radius 3 is 1.67 bits per heavy atom. The lowest BCUT2D eigenvalue weighted by Gasteiger charge is -2.15. The maximum atomic E-state index is 10.9. The van der Waals surface area contributed by atoms with E-state index in [1.54, 1.807) is 0 Å². The number of rotatable bonds is 2. The van der Waals surface area contributed by atoms with E-state index in [1.807, 2.05) is 0 Å². The molecule has 0 radical (unpaired) electrons. The zero-order valence-electron chi connectivity index (χ0n) is 3.87. The first-order valence-corrected chi connectivity index (χ1v) is 3.19. The van der Waals surface area contributed by atoms with Gasteiger partial charge in [0.25, 0.3) is 0 Å². The molecule has 0 atom stereocenters. The molecule has 9 heavy (non-hydrogen) atoms. The van der Waals surface area contributed by atoms with Gasteiger partial charge in [-0.05, 0) is 0 Å².